The lowest BCUT2D eigenvalue weighted by molar-refractivity contribution is 0.246. The number of rotatable bonds is 6. The van der Waals surface area contributed by atoms with Gasteiger partial charge in [0.2, 0.25) is 0 Å². The maximum Gasteiger partial charge on any atom is 0.329 e. The molecular weight excluding hydrogens is 518 g/mol. The molecule has 1 aliphatic carbocycles. The number of nitrogens with one attached hydrogen (secondary N) is 2. The van der Waals surface area contributed by atoms with Crippen molar-refractivity contribution >= 4 is 44.8 Å². The summed E-state index contributed by atoms with van der Waals surface area (Å²) in [5.74, 6) is -0.571. The summed E-state index contributed by atoms with van der Waals surface area (Å²) in [4.78, 5) is 12.2. The molecule has 0 saturated heterocycles. The Morgan fingerprint density at radius 2 is 2.00 bits per heavy atom. The molecule has 13 heteroatoms. The second-order valence-corrected chi connectivity index (χ2v) is 10.7. The van der Waals surface area contributed by atoms with Gasteiger partial charge in [0.1, 0.15) is 5.83 Å². The normalized spacial score (nSPS) is 15.0. The largest absolute Gasteiger partial charge is 0.331 e. The summed E-state index contributed by atoms with van der Waals surface area (Å²) in [6.45, 7) is 1.47. The average molecular weight is 541 g/mol. The van der Waals surface area contributed by atoms with Gasteiger partial charge in [-0.05, 0) is 55.5 Å². The first-order valence-corrected chi connectivity index (χ1v) is 13.0. The number of benzene rings is 1. The highest BCUT2D eigenvalue weighted by Crippen LogP contribution is 2.34. The van der Waals surface area contributed by atoms with Gasteiger partial charge in [0.05, 0.1) is 30.7 Å². The highest BCUT2D eigenvalue weighted by molar-refractivity contribution is 7.90. The van der Waals surface area contributed by atoms with Crippen molar-refractivity contribution in [3.63, 3.8) is 0 Å². The van der Waals surface area contributed by atoms with E-state index in [-0.39, 0.29) is 5.03 Å². The minimum Gasteiger partial charge on any atom is -0.331 e. The van der Waals surface area contributed by atoms with Crippen molar-refractivity contribution in [2.45, 2.75) is 37.8 Å². The first-order chi connectivity index (χ1) is 16.5. The highest BCUT2D eigenvalue weighted by atomic mass is 35.5. The van der Waals surface area contributed by atoms with E-state index >= 15 is 4.39 Å². The Bertz CT molecular complexity index is 1430. The van der Waals surface area contributed by atoms with E-state index in [1.54, 1.807) is 36.0 Å². The van der Waals surface area contributed by atoms with Crippen molar-refractivity contribution in [3.8, 4) is 0 Å². The smallest absolute Gasteiger partial charge is 0.329 e. The maximum absolute atomic E-state index is 15.3. The number of allylic oxidation sites excluding steroid dienone is 1. The summed E-state index contributed by atoms with van der Waals surface area (Å²) in [5, 5.41) is 11.5. The van der Waals surface area contributed by atoms with Crippen LogP contribution in [-0.2, 0) is 30.0 Å². The first-order valence-electron chi connectivity index (χ1n) is 10.7. The van der Waals surface area contributed by atoms with Crippen LogP contribution < -0.4 is 10.0 Å². The molecule has 1 aliphatic rings. The van der Waals surface area contributed by atoms with Gasteiger partial charge in [-0.25, -0.2) is 13.9 Å². The third-order valence-electron chi connectivity index (χ3n) is 5.60. The molecule has 3 aromatic rings. The number of carbonyl (C=O) groups is 1. The molecule has 0 fully saturated rings. The van der Waals surface area contributed by atoms with Crippen LogP contribution in [0.25, 0.3) is 5.57 Å². The van der Waals surface area contributed by atoms with Crippen molar-refractivity contribution in [1.29, 1.82) is 0 Å². The van der Waals surface area contributed by atoms with Gasteiger partial charge in [0.15, 0.2) is 5.03 Å². The minimum absolute atomic E-state index is 0.175. The lowest BCUT2D eigenvalue weighted by atomic mass is 9.92. The molecule has 2 aromatic heterocycles. The molecule has 0 bridgehead atoms. The summed E-state index contributed by atoms with van der Waals surface area (Å²) in [5.41, 5.74) is 3.21. The Balaban J connectivity index is 1.50. The van der Waals surface area contributed by atoms with Crippen LogP contribution in [-0.4, -0.2) is 40.6 Å². The van der Waals surface area contributed by atoms with E-state index < -0.39 is 28.4 Å². The van der Waals surface area contributed by atoms with Crippen molar-refractivity contribution in [2.24, 2.45) is 7.05 Å². The van der Waals surface area contributed by atoms with E-state index in [0.717, 1.165) is 28.7 Å². The number of urea groups is 1. The summed E-state index contributed by atoms with van der Waals surface area (Å²) in [6.07, 6.45) is 3.63. The van der Waals surface area contributed by atoms with Crippen LogP contribution in [0.4, 0.5) is 9.18 Å². The molecule has 2 amide bonds. The molecule has 0 aliphatic heterocycles. The molecule has 186 valence electrons. The van der Waals surface area contributed by atoms with Crippen molar-refractivity contribution < 1.29 is 17.6 Å². The molecule has 0 atom stereocenters. The number of nitrogens with zero attached hydrogens (tertiary/aromatic N) is 4. The third kappa shape index (κ3) is 5.52. The molecule has 1 aromatic carbocycles. The number of carbonyl (C=O) groups excluding carboxylic acids is 1. The van der Waals surface area contributed by atoms with E-state index in [0.29, 0.717) is 40.0 Å². The number of fused-ring (bicyclic) bond motifs is 1. The fraction of sp³-hybridized carbons (Fsp3) is 0.318. The van der Waals surface area contributed by atoms with Crippen molar-refractivity contribution in [3.05, 3.63) is 68.8 Å². The molecule has 0 spiro atoms. The molecule has 4 rings (SSSR count). The second-order valence-electron chi connectivity index (χ2n) is 8.18. The average Bonchev–Trinajstić information content (AvgIpc) is 3.36. The molecule has 9 nitrogen and oxygen atoms in total. The fourth-order valence-electron chi connectivity index (χ4n) is 4.04. The van der Waals surface area contributed by atoms with E-state index in [2.05, 4.69) is 15.5 Å². The first kappa shape index (κ1) is 25.2. The lowest BCUT2D eigenvalue weighted by Crippen LogP contribution is -2.40. The Morgan fingerprint density at radius 1 is 1.23 bits per heavy atom. The van der Waals surface area contributed by atoms with Gasteiger partial charge in [-0.15, -0.1) is 0 Å². The Hall–Kier alpha value is -2.89. The Kier molecular flexibility index (Phi) is 7.20. The zero-order chi connectivity index (χ0) is 25.3. The van der Waals surface area contributed by atoms with Crippen LogP contribution in [0.1, 0.15) is 35.4 Å². The number of hydrogen-bond acceptors (Lipinski definition) is 5. The zero-order valence-electron chi connectivity index (χ0n) is 19.0. The third-order valence-corrected chi connectivity index (χ3v) is 7.58. The molecule has 2 N–H and O–H groups in total. The highest BCUT2D eigenvalue weighted by Gasteiger charge is 2.25. The summed E-state index contributed by atoms with van der Waals surface area (Å²) in [6, 6.07) is 5.43. The molecule has 0 unspecified atom stereocenters. The Morgan fingerprint density at radius 3 is 2.69 bits per heavy atom. The van der Waals surface area contributed by atoms with Crippen molar-refractivity contribution in [1.82, 2.24) is 29.6 Å². The van der Waals surface area contributed by atoms with Gasteiger partial charge in [-0.3, -0.25) is 9.36 Å². The quantitative estimate of drug-likeness (QED) is 0.491. The molecule has 0 radical (unpaired) electrons. The van der Waals surface area contributed by atoms with Crippen molar-refractivity contribution in [2.75, 3.05) is 6.54 Å². The van der Waals surface area contributed by atoms with Crippen LogP contribution in [0.15, 0.2) is 41.3 Å². The van der Waals surface area contributed by atoms with Gasteiger partial charge in [0.25, 0.3) is 10.0 Å². The van der Waals surface area contributed by atoms with Crippen LogP contribution >= 0.6 is 23.2 Å². The number of halogens is 3. The zero-order valence-corrected chi connectivity index (χ0v) is 21.3. The lowest BCUT2D eigenvalue weighted by Gasteiger charge is -2.19. The van der Waals surface area contributed by atoms with Gasteiger partial charge >= 0.3 is 6.03 Å². The van der Waals surface area contributed by atoms with E-state index in [9.17, 15) is 13.2 Å². The minimum atomic E-state index is -4.17. The van der Waals surface area contributed by atoms with Gasteiger partial charge in [-0.2, -0.15) is 18.6 Å². The van der Waals surface area contributed by atoms with Gasteiger partial charge in [-0.1, -0.05) is 29.3 Å². The number of aromatic nitrogens is 4. The monoisotopic (exact) mass is 540 g/mol. The van der Waals surface area contributed by atoms with E-state index in [1.807, 2.05) is 4.72 Å². The van der Waals surface area contributed by atoms with Crippen LogP contribution in [0.2, 0.25) is 10.0 Å². The summed E-state index contributed by atoms with van der Waals surface area (Å²) < 4.78 is 44.9. The van der Waals surface area contributed by atoms with E-state index in [4.69, 9.17) is 23.2 Å². The second kappa shape index (κ2) is 10.00. The number of aryl methyl sites for hydroxylation is 3. The Labute approximate surface area is 212 Å². The van der Waals surface area contributed by atoms with Crippen LogP contribution in [0.3, 0.4) is 0 Å². The predicted molar refractivity (Wildman–Crippen MR) is 130 cm³/mol. The molecular formula is C22H23Cl2FN6O3S. The summed E-state index contributed by atoms with van der Waals surface area (Å²) in [7, 11) is -2.72. The molecule has 0 saturated carbocycles. The van der Waals surface area contributed by atoms with Gasteiger partial charge in [0, 0.05) is 22.7 Å². The number of sulfonamides is 1. The number of amides is 2. The predicted octanol–water partition coefficient (Wildman–Crippen LogP) is 3.99. The van der Waals surface area contributed by atoms with Gasteiger partial charge < -0.3 is 5.32 Å². The van der Waals surface area contributed by atoms with Crippen LogP contribution in [0, 0.1) is 6.92 Å². The molecule has 35 heavy (non-hydrogen) atoms. The maximum atomic E-state index is 15.3. The number of hydrogen-bond donors (Lipinski definition) is 2. The van der Waals surface area contributed by atoms with Crippen LogP contribution in [0.5, 0.6) is 0 Å². The standard InChI is InChI=1S/C22H23Cl2FN6O3S/c1-13-8-20(30(2)28-13)35(33,34)29-22(32)26-11-19(25)17-5-3-4-14-10-27-31(21(14)17)12-15-6-7-16(23)9-18(15)24/h6-10H,3-5,11-12H2,1-2H3,(H2,26,29,32). The summed E-state index contributed by atoms with van der Waals surface area (Å²) >= 11 is 12.3. The molecule has 2 heterocycles. The van der Waals surface area contributed by atoms with E-state index in [1.165, 1.54) is 13.1 Å². The topological polar surface area (TPSA) is 111 Å². The SMILES string of the molecule is Cc1cc(S(=O)(=O)NC(=O)NCC(F)=C2CCCc3cnn(Cc4ccc(Cl)cc4Cl)c32)n(C)n1. The fourth-order valence-corrected chi connectivity index (χ4v) is 5.64.